The third kappa shape index (κ3) is 4.42. The molecule has 0 aromatic rings. The summed E-state index contributed by atoms with van der Waals surface area (Å²) in [5.74, 6) is -5.89. The Morgan fingerprint density at radius 1 is 1.05 bits per heavy atom. The normalized spacial score (nSPS) is 25.1. The first-order chi connectivity index (χ1) is 9.98. The van der Waals surface area contributed by atoms with Crippen molar-refractivity contribution in [2.45, 2.75) is 62.5 Å². The predicted molar refractivity (Wildman–Crippen MR) is 56.4 cm³/mol. The van der Waals surface area contributed by atoms with Gasteiger partial charge in [0.25, 0.3) is 6.43 Å². The first kappa shape index (κ1) is 19.4. The van der Waals surface area contributed by atoms with Gasteiger partial charge >= 0.3 is 12.0 Å². The molecule has 0 radical (unpaired) electrons. The molecular weight excluding hydrogens is 332 g/mol. The number of alkyl halides is 8. The molecule has 0 bridgehead atoms. The molecule has 22 heavy (non-hydrogen) atoms. The number of aliphatic hydroxyl groups is 1. The van der Waals surface area contributed by atoms with E-state index in [9.17, 15) is 35.1 Å². The van der Waals surface area contributed by atoms with Crippen molar-refractivity contribution in [1.29, 1.82) is 0 Å². The van der Waals surface area contributed by atoms with Crippen molar-refractivity contribution in [1.82, 2.24) is 0 Å². The largest absolute Gasteiger partial charge is 0.420 e. The highest BCUT2D eigenvalue weighted by Crippen LogP contribution is 2.40. The Kier molecular flexibility index (Phi) is 6.39. The minimum Gasteiger partial charge on any atom is -0.353 e. The molecule has 1 aliphatic heterocycles. The van der Waals surface area contributed by atoms with Gasteiger partial charge in [-0.05, 0) is 19.3 Å². The average Bonchev–Trinajstić information content (AvgIpc) is 2.42. The van der Waals surface area contributed by atoms with Crippen molar-refractivity contribution in [3.8, 4) is 0 Å². The summed E-state index contributed by atoms with van der Waals surface area (Å²) in [6.45, 7) is 0.0848. The zero-order valence-corrected chi connectivity index (χ0v) is 11.0. The van der Waals surface area contributed by atoms with Crippen LogP contribution in [0.15, 0.2) is 0 Å². The van der Waals surface area contributed by atoms with E-state index < -0.39 is 43.2 Å². The second-order valence-corrected chi connectivity index (χ2v) is 4.74. The topological polar surface area (TPSA) is 38.7 Å². The summed E-state index contributed by atoms with van der Waals surface area (Å²) in [7, 11) is 0. The molecule has 0 aromatic carbocycles. The van der Waals surface area contributed by atoms with Crippen LogP contribution in [0.4, 0.5) is 35.1 Å². The van der Waals surface area contributed by atoms with Crippen LogP contribution in [0.3, 0.4) is 0 Å². The highest BCUT2D eigenvalue weighted by molar-refractivity contribution is 4.93. The van der Waals surface area contributed by atoms with Crippen molar-refractivity contribution in [2.75, 3.05) is 6.61 Å². The molecule has 1 aliphatic rings. The SMILES string of the molecule is OC(F)(F)C(F)(F)C(F)C(F)C(OC1CCCCO1)C(F)F. The van der Waals surface area contributed by atoms with E-state index in [2.05, 4.69) is 4.74 Å². The van der Waals surface area contributed by atoms with E-state index in [1.807, 2.05) is 0 Å². The maximum atomic E-state index is 13.5. The van der Waals surface area contributed by atoms with Gasteiger partial charge in [-0.2, -0.15) is 17.6 Å². The van der Waals surface area contributed by atoms with Crippen LogP contribution in [-0.4, -0.2) is 54.9 Å². The summed E-state index contributed by atoms with van der Waals surface area (Å²) in [6.07, 6.45) is -21.2. The Balaban J connectivity index is 2.81. The first-order valence-electron chi connectivity index (χ1n) is 6.30. The van der Waals surface area contributed by atoms with E-state index in [0.717, 1.165) is 0 Å². The molecule has 0 spiro atoms. The fourth-order valence-electron chi connectivity index (χ4n) is 1.80. The molecule has 0 saturated carbocycles. The molecule has 132 valence electrons. The zero-order chi connectivity index (χ0) is 17.1. The van der Waals surface area contributed by atoms with Crippen LogP contribution in [0.2, 0.25) is 0 Å². The zero-order valence-electron chi connectivity index (χ0n) is 11.0. The lowest BCUT2D eigenvalue weighted by molar-refractivity contribution is -0.352. The third-order valence-corrected chi connectivity index (χ3v) is 3.04. The molecular formula is C11H14F8O3. The molecule has 1 fully saturated rings. The highest BCUT2D eigenvalue weighted by Gasteiger charge is 2.65. The minimum atomic E-state index is -5.91. The lowest BCUT2D eigenvalue weighted by atomic mass is 10.0. The van der Waals surface area contributed by atoms with E-state index >= 15 is 0 Å². The fraction of sp³-hybridized carbons (Fsp3) is 1.00. The Morgan fingerprint density at radius 3 is 2.05 bits per heavy atom. The third-order valence-electron chi connectivity index (χ3n) is 3.04. The monoisotopic (exact) mass is 346 g/mol. The van der Waals surface area contributed by atoms with Gasteiger partial charge < -0.3 is 14.6 Å². The molecule has 3 nitrogen and oxygen atoms in total. The van der Waals surface area contributed by atoms with Gasteiger partial charge in [-0.1, -0.05) is 0 Å². The van der Waals surface area contributed by atoms with Gasteiger partial charge in [-0.15, -0.1) is 0 Å². The highest BCUT2D eigenvalue weighted by atomic mass is 19.3. The Hall–Kier alpha value is -0.680. The number of hydrogen-bond donors (Lipinski definition) is 1. The van der Waals surface area contributed by atoms with Gasteiger partial charge in [-0.25, -0.2) is 17.6 Å². The van der Waals surface area contributed by atoms with Crippen LogP contribution < -0.4 is 0 Å². The van der Waals surface area contributed by atoms with Crippen LogP contribution in [0.25, 0.3) is 0 Å². The number of hydrogen-bond acceptors (Lipinski definition) is 3. The molecule has 11 heteroatoms. The molecule has 1 N–H and O–H groups in total. The fourth-order valence-corrected chi connectivity index (χ4v) is 1.80. The minimum absolute atomic E-state index is 0.0411. The first-order valence-corrected chi connectivity index (χ1v) is 6.30. The predicted octanol–water partition coefficient (Wildman–Crippen LogP) is 3.06. The molecule has 4 atom stereocenters. The maximum absolute atomic E-state index is 13.5. The van der Waals surface area contributed by atoms with Crippen molar-refractivity contribution in [3.05, 3.63) is 0 Å². The molecule has 1 rings (SSSR count). The van der Waals surface area contributed by atoms with Gasteiger partial charge in [0.05, 0.1) is 0 Å². The van der Waals surface area contributed by atoms with E-state index in [0.29, 0.717) is 12.8 Å². The van der Waals surface area contributed by atoms with E-state index in [1.54, 1.807) is 0 Å². The van der Waals surface area contributed by atoms with Crippen LogP contribution in [0.5, 0.6) is 0 Å². The lowest BCUT2D eigenvalue weighted by Crippen LogP contribution is -2.55. The van der Waals surface area contributed by atoms with Crippen molar-refractivity contribution >= 4 is 0 Å². The molecule has 1 heterocycles. The lowest BCUT2D eigenvalue weighted by Gasteiger charge is -2.32. The van der Waals surface area contributed by atoms with Gasteiger partial charge in [0, 0.05) is 6.61 Å². The van der Waals surface area contributed by atoms with Crippen LogP contribution in [0.1, 0.15) is 19.3 Å². The number of ether oxygens (including phenoxy) is 2. The summed E-state index contributed by atoms with van der Waals surface area (Å²) in [5, 5.41) is 7.86. The number of halogens is 8. The standard InChI is InChI=1S/C11H14F8O3/c12-6(8(13)10(16,17)11(18,19)20)7(9(14)15)22-5-3-1-2-4-21-5/h5-9,20H,1-4H2. The molecule has 0 aromatic heterocycles. The second kappa shape index (κ2) is 7.26. The number of rotatable bonds is 7. The van der Waals surface area contributed by atoms with E-state index in [4.69, 9.17) is 9.84 Å². The molecule has 0 aliphatic carbocycles. The van der Waals surface area contributed by atoms with Gasteiger partial charge in [0.15, 0.2) is 18.6 Å². The van der Waals surface area contributed by atoms with Crippen molar-refractivity contribution in [3.63, 3.8) is 0 Å². The summed E-state index contributed by atoms with van der Waals surface area (Å²) in [5.41, 5.74) is 0. The molecule has 4 unspecified atom stereocenters. The van der Waals surface area contributed by atoms with Gasteiger partial charge in [0.2, 0.25) is 6.17 Å². The smallest absolute Gasteiger partial charge is 0.353 e. The van der Waals surface area contributed by atoms with Crippen molar-refractivity contribution in [2.24, 2.45) is 0 Å². The molecule has 1 saturated heterocycles. The quantitative estimate of drug-likeness (QED) is 0.720. The van der Waals surface area contributed by atoms with Crippen LogP contribution in [-0.2, 0) is 9.47 Å². The maximum Gasteiger partial charge on any atom is 0.420 e. The summed E-state index contributed by atoms with van der Waals surface area (Å²) < 4.78 is 111. The second-order valence-electron chi connectivity index (χ2n) is 4.74. The summed E-state index contributed by atoms with van der Waals surface area (Å²) in [6, 6.07) is 0. The molecule has 0 amide bonds. The Morgan fingerprint density at radius 2 is 1.64 bits per heavy atom. The Bertz CT molecular complexity index is 343. The van der Waals surface area contributed by atoms with Crippen LogP contribution in [0, 0.1) is 0 Å². The average molecular weight is 346 g/mol. The summed E-state index contributed by atoms with van der Waals surface area (Å²) >= 11 is 0. The van der Waals surface area contributed by atoms with Gasteiger partial charge in [-0.3, -0.25) is 0 Å². The van der Waals surface area contributed by atoms with Crippen LogP contribution >= 0.6 is 0 Å². The van der Waals surface area contributed by atoms with Gasteiger partial charge in [0.1, 0.15) is 0 Å². The van der Waals surface area contributed by atoms with E-state index in [-0.39, 0.29) is 13.0 Å². The van der Waals surface area contributed by atoms with Crippen molar-refractivity contribution < 1.29 is 49.7 Å². The van der Waals surface area contributed by atoms with E-state index in [1.165, 1.54) is 0 Å². The summed E-state index contributed by atoms with van der Waals surface area (Å²) in [4.78, 5) is 0. The Labute approximate surface area is 120 Å².